The van der Waals surface area contributed by atoms with E-state index in [-0.39, 0.29) is 6.61 Å². The summed E-state index contributed by atoms with van der Waals surface area (Å²) in [5, 5.41) is 0. The first-order valence-corrected chi connectivity index (χ1v) is 3.75. The summed E-state index contributed by atoms with van der Waals surface area (Å²) < 4.78 is 28.0. The summed E-state index contributed by atoms with van der Waals surface area (Å²) in [5.41, 5.74) is 6.55. The maximum absolute atomic E-state index is 11.6. The Kier molecular flexibility index (Phi) is 3.57. The number of hydrogen-bond acceptors (Lipinski definition) is 3. The van der Waals surface area contributed by atoms with Gasteiger partial charge in [-0.05, 0) is 12.1 Å². The lowest BCUT2D eigenvalue weighted by atomic mass is 10.3. The number of nitrogens with zero attached hydrogens (tertiary/aromatic N) is 1. The molecule has 5 heteroatoms. The number of halogens is 2. The first-order valence-electron chi connectivity index (χ1n) is 3.75. The van der Waals surface area contributed by atoms with Crippen LogP contribution in [0.2, 0.25) is 0 Å². The number of hydrogen-bond donors (Lipinski definition) is 1. The van der Waals surface area contributed by atoms with Crippen molar-refractivity contribution in [3.63, 3.8) is 0 Å². The van der Waals surface area contributed by atoms with Crippen molar-refractivity contribution < 1.29 is 13.5 Å². The molecular formula is C8H10F2N2O. The number of nitrogen functional groups attached to an aromatic ring is 1. The van der Waals surface area contributed by atoms with Crippen LogP contribution in [-0.2, 0) is 11.3 Å². The summed E-state index contributed by atoms with van der Waals surface area (Å²) in [6, 6.07) is 3.21. The van der Waals surface area contributed by atoms with E-state index in [4.69, 9.17) is 5.73 Å². The second-order valence-electron chi connectivity index (χ2n) is 2.49. The lowest BCUT2D eigenvalue weighted by molar-refractivity contribution is 0.00885. The molecule has 1 rings (SSSR count). The van der Waals surface area contributed by atoms with Gasteiger partial charge in [-0.2, -0.15) is 0 Å². The van der Waals surface area contributed by atoms with Crippen LogP contribution in [-0.4, -0.2) is 18.0 Å². The van der Waals surface area contributed by atoms with Gasteiger partial charge in [-0.25, -0.2) is 8.78 Å². The standard InChI is InChI=1S/C8H10F2N2O/c9-8(10)5-13-4-7-3-6(11)1-2-12-7/h1-3,8H,4-5H2,(H2,11,12). The minimum absolute atomic E-state index is 0.0649. The van der Waals surface area contributed by atoms with E-state index >= 15 is 0 Å². The van der Waals surface area contributed by atoms with Crippen LogP contribution < -0.4 is 5.73 Å². The van der Waals surface area contributed by atoms with Gasteiger partial charge in [0.1, 0.15) is 6.61 Å². The molecule has 0 unspecified atom stereocenters. The zero-order valence-electron chi connectivity index (χ0n) is 6.91. The molecule has 3 nitrogen and oxygen atoms in total. The lowest BCUT2D eigenvalue weighted by Gasteiger charge is -2.02. The predicted octanol–water partition coefficient (Wildman–Crippen LogP) is 1.45. The third-order valence-corrected chi connectivity index (χ3v) is 1.33. The molecule has 72 valence electrons. The van der Waals surface area contributed by atoms with Gasteiger partial charge in [0.25, 0.3) is 6.43 Å². The fourth-order valence-corrected chi connectivity index (χ4v) is 0.828. The van der Waals surface area contributed by atoms with Crippen molar-refractivity contribution in [1.82, 2.24) is 4.98 Å². The summed E-state index contributed by atoms with van der Waals surface area (Å²) in [4.78, 5) is 3.89. The Bertz CT molecular complexity index is 268. The molecule has 0 atom stereocenters. The molecular weight excluding hydrogens is 178 g/mol. The largest absolute Gasteiger partial charge is 0.399 e. The molecule has 0 bridgehead atoms. The van der Waals surface area contributed by atoms with Crippen molar-refractivity contribution in [2.75, 3.05) is 12.3 Å². The Balaban J connectivity index is 2.37. The quantitative estimate of drug-likeness (QED) is 0.777. The average molecular weight is 188 g/mol. The van der Waals surface area contributed by atoms with Gasteiger partial charge in [0.05, 0.1) is 12.3 Å². The number of alkyl halides is 2. The van der Waals surface area contributed by atoms with Gasteiger partial charge >= 0.3 is 0 Å². The summed E-state index contributed by atoms with van der Waals surface area (Å²) in [5.74, 6) is 0. The third kappa shape index (κ3) is 3.80. The molecule has 0 radical (unpaired) electrons. The maximum atomic E-state index is 11.6. The van der Waals surface area contributed by atoms with E-state index in [0.717, 1.165) is 0 Å². The normalized spacial score (nSPS) is 10.7. The van der Waals surface area contributed by atoms with Gasteiger partial charge in [-0.3, -0.25) is 4.98 Å². The molecule has 0 amide bonds. The van der Waals surface area contributed by atoms with E-state index in [1.165, 1.54) is 6.20 Å². The van der Waals surface area contributed by atoms with E-state index < -0.39 is 13.0 Å². The molecule has 0 aliphatic carbocycles. The highest BCUT2D eigenvalue weighted by molar-refractivity contribution is 5.36. The van der Waals surface area contributed by atoms with Gasteiger partial charge in [-0.1, -0.05) is 0 Å². The molecule has 13 heavy (non-hydrogen) atoms. The van der Waals surface area contributed by atoms with Crippen LogP contribution in [0.4, 0.5) is 14.5 Å². The fraction of sp³-hybridized carbons (Fsp3) is 0.375. The molecule has 0 spiro atoms. The van der Waals surface area contributed by atoms with Gasteiger partial charge in [-0.15, -0.1) is 0 Å². The van der Waals surface area contributed by atoms with E-state index in [1.807, 2.05) is 0 Å². The molecule has 0 saturated carbocycles. The molecule has 0 aromatic carbocycles. The molecule has 0 saturated heterocycles. The molecule has 2 N–H and O–H groups in total. The van der Waals surface area contributed by atoms with Crippen LogP contribution in [0.3, 0.4) is 0 Å². The van der Waals surface area contributed by atoms with Crippen molar-refractivity contribution >= 4 is 5.69 Å². The molecule has 1 aromatic rings. The van der Waals surface area contributed by atoms with Crippen LogP contribution in [0.15, 0.2) is 18.3 Å². The van der Waals surface area contributed by atoms with Crippen molar-refractivity contribution in [3.05, 3.63) is 24.0 Å². The van der Waals surface area contributed by atoms with Gasteiger partial charge in [0.2, 0.25) is 0 Å². The zero-order chi connectivity index (χ0) is 9.68. The molecule has 1 heterocycles. The SMILES string of the molecule is Nc1ccnc(COCC(F)F)c1. The zero-order valence-corrected chi connectivity index (χ0v) is 6.91. The Morgan fingerprint density at radius 2 is 2.31 bits per heavy atom. The monoisotopic (exact) mass is 188 g/mol. The number of anilines is 1. The Labute approximate surface area is 74.5 Å². The van der Waals surface area contributed by atoms with Crippen molar-refractivity contribution in [3.8, 4) is 0 Å². The van der Waals surface area contributed by atoms with E-state index in [9.17, 15) is 8.78 Å². The predicted molar refractivity (Wildman–Crippen MR) is 44.3 cm³/mol. The number of nitrogens with two attached hydrogens (primary N) is 1. The summed E-state index contributed by atoms with van der Waals surface area (Å²) in [6.45, 7) is -0.508. The van der Waals surface area contributed by atoms with Crippen molar-refractivity contribution in [2.45, 2.75) is 13.0 Å². The third-order valence-electron chi connectivity index (χ3n) is 1.33. The van der Waals surface area contributed by atoms with E-state index in [2.05, 4.69) is 9.72 Å². The van der Waals surface area contributed by atoms with Crippen LogP contribution in [0, 0.1) is 0 Å². The fourth-order valence-electron chi connectivity index (χ4n) is 0.828. The first kappa shape index (κ1) is 9.85. The molecule has 1 aromatic heterocycles. The number of rotatable bonds is 4. The highest BCUT2D eigenvalue weighted by Gasteiger charge is 2.02. The Hall–Kier alpha value is -1.23. The van der Waals surface area contributed by atoms with Crippen LogP contribution in [0.25, 0.3) is 0 Å². The Morgan fingerprint density at radius 1 is 1.54 bits per heavy atom. The minimum atomic E-state index is -2.44. The second kappa shape index (κ2) is 4.71. The van der Waals surface area contributed by atoms with Crippen molar-refractivity contribution in [1.29, 1.82) is 0 Å². The summed E-state index contributed by atoms with van der Waals surface area (Å²) in [6.07, 6.45) is -0.933. The number of pyridine rings is 1. The Morgan fingerprint density at radius 3 is 2.92 bits per heavy atom. The minimum Gasteiger partial charge on any atom is -0.399 e. The smallest absolute Gasteiger partial charge is 0.261 e. The molecule has 0 aliphatic rings. The van der Waals surface area contributed by atoms with Crippen LogP contribution >= 0.6 is 0 Å². The van der Waals surface area contributed by atoms with Crippen LogP contribution in [0.1, 0.15) is 5.69 Å². The van der Waals surface area contributed by atoms with Gasteiger partial charge in [0, 0.05) is 11.9 Å². The lowest BCUT2D eigenvalue weighted by Crippen LogP contribution is -2.05. The first-order chi connectivity index (χ1) is 6.18. The summed E-state index contributed by atoms with van der Waals surface area (Å²) >= 11 is 0. The van der Waals surface area contributed by atoms with E-state index in [0.29, 0.717) is 11.4 Å². The highest BCUT2D eigenvalue weighted by atomic mass is 19.3. The van der Waals surface area contributed by atoms with Gasteiger partial charge in [0.15, 0.2) is 0 Å². The maximum Gasteiger partial charge on any atom is 0.261 e. The van der Waals surface area contributed by atoms with E-state index in [1.54, 1.807) is 12.1 Å². The number of aromatic nitrogens is 1. The summed E-state index contributed by atoms with van der Waals surface area (Å²) in [7, 11) is 0. The van der Waals surface area contributed by atoms with Crippen LogP contribution in [0.5, 0.6) is 0 Å². The molecule has 0 aliphatic heterocycles. The van der Waals surface area contributed by atoms with Gasteiger partial charge < -0.3 is 10.5 Å². The second-order valence-corrected chi connectivity index (χ2v) is 2.49. The highest BCUT2D eigenvalue weighted by Crippen LogP contribution is 2.04. The topological polar surface area (TPSA) is 48.1 Å². The number of ether oxygens (including phenoxy) is 1. The average Bonchev–Trinajstić information content (AvgIpc) is 2.03. The molecule has 0 fully saturated rings. The van der Waals surface area contributed by atoms with Crippen molar-refractivity contribution in [2.24, 2.45) is 0 Å².